The van der Waals surface area contributed by atoms with Crippen LogP contribution in [0.4, 0.5) is 0 Å². The molecule has 1 aromatic carbocycles. The van der Waals surface area contributed by atoms with Crippen molar-refractivity contribution in [1.82, 2.24) is 4.90 Å². The lowest BCUT2D eigenvalue weighted by Crippen LogP contribution is -2.33. The molecule has 0 fully saturated rings. The molecule has 4 heteroatoms. The molecule has 0 aliphatic heterocycles. The molecule has 0 aromatic heterocycles. The van der Waals surface area contributed by atoms with Gasteiger partial charge in [-0.1, -0.05) is 28.1 Å². The number of Topliss-reactive ketones (excluding diaryl/α,β-unsaturated/α-hetero) is 1. The quantitative estimate of drug-likeness (QED) is 0.473. The van der Waals surface area contributed by atoms with Gasteiger partial charge in [-0.2, -0.15) is 0 Å². The number of rotatable bonds is 5. The van der Waals surface area contributed by atoms with E-state index in [9.17, 15) is 9.59 Å². The van der Waals surface area contributed by atoms with Gasteiger partial charge in [-0.15, -0.1) is 0 Å². The number of likely N-dealkylation sites (N-methyl/N-ethyl adjacent to an activating group) is 1. The Bertz CT molecular complexity index is 487. The largest absolute Gasteiger partial charge is 0.339 e. The fourth-order valence-corrected chi connectivity index (χ4v) is 1.99. The van der Waals surface area contributed by atoms with Gasteiger partial charge in [0.25, 0.3) is 5.91 Å². The first-order chi connectivity index (χ1) is 8.99. The molecule has 1 aromatic rings. The Morgan fingerprint density at radius 1 is 1.16 bits per heavy atom. The zero-order chi connectivity index (χ0) is 14.4. The lowest BCUT2D eigenvalue weighted by molar-refractivity contribution is -0.128. The predicted octanol–water partition coefficient (Wildman–Crippen LogP) is 3.29. The molecule has 0 bridgehead atoms. The maximum atomic E-state index is 12.2. The molecule has 19 heavy (non-hydrogen) atoms. The summed E-state index contributed by atoms with van der Waals surface area (Å²) in [7, 11) is 0. The Morgan fingerprint density at radius 3 is 2.11 bits per heavy atom. The highest BCUT2D eigenvalue weighted by molar-refractivity contribution is 9.10. The number of amides is 1. The number of hydrogen-bond acceptors (Lipinski definition) is 2. The van der Waals surface area contributed by atoms with Crippen molar-refractivity contribution in [1.29, 1.82) is 0 Å². The van der Waals surface area contributed by atoms with Gasteiger partial charge in [-0.3, -0.25) is 9.59 Å². The number of benzene rings is 1. The van der Waals surface area contributed by atoms with Crippen molar-refractivity contribution in [3.63, 3.8) is 0 Å². The third kappa shape index (κ3) is 4.31. The highest BCUT2D eigenvalue weighted by Crippen LogP contribution is 2.15. The monoisotopic (exact) mass is 323 g/mol. The van der Waals surface area contributed by atoms with Crippen molar-refractivity contribution in [2.24, 2.45) is 0 Å². The molecule has 0 saturated heterocycles. The lowest BCUT2D eigenvalue weighted by Gasteiger charge is -2.19. The van der Waals surface area contributed by atoms with Crippen LogP contribution in [0.15, 0.2) is 34.3 Å². The van der Waals surface area contributed by atoms with Crippen LogP contribution in [0.3, 0.4) is 0 Å². The first-order valence-electron chi connectivity index (χ1n) is 6.27. The molecule has 3 nitrogen and oxygen atoms in total. The highest BCUT2D eigenvalue weighted by Gasteiger charge is 2.19. The number of ketones is 1. The van der Waals surface area contributed by atoms with Crippen LogP contribution < -0.4 is 0 Å². The summed E-state index contributed by atoms with van der Waals surface area (Å²) < 4.78 is 0.962. The zero-order valence-electron chi connectivity index (χ0n) is 11.4. The standard InChI is InChI=1S/C15H18BrNO2/c1-4-17(5-2)15(19)14(11(3)18)10-12-6-8-13(16)9-7-12/h6-10H,4-5H2,1-3H3. The van der Waals surface area contributed by atoms with Gasteiger partial charge < -0.3 is 4.90 Å². The van der Waals surface area contributed by atoms with E-state index in [1.165, 1.54) is 6.92 Å². The summed E-state index contributed by atoms with van der Waals surface area (Å²) >= 11 is 3.35. The number of hydrogen-bond donors (Lipinski definition) is 0. The van der Waals surface area contributed by atoms with E-state index in [0.717, 1.165) is 10.0 Å². The fraction of sp³-hybridized carbons (Fsp3) is 0.333. The van der Waals surface area contributed by atoms with E-state index >= 15 is 0 Å². The number of nitrogens with zero attached hydrogens (tertiary/aromatic N) is 1. The first-order valence-corrected chi connectivity index (χ1v) is 7.06. The van der Waals surface area contributed by atoms with Crippen LogP contribution in [0.5, 0.6) is 0 Å². The molecule has 0 atom stereocenters. The summed E-state index contributed by atoms with van der Waals surface area (Å²) in [6.07, 6.45) is 1.65. The molecule has 0 spiro atoms. The Kier molecular flexibility index (Phi) is 5.96. The molecule has 0 aliphatic rings. The maximum Gasteiger partial charge on any atom is 0.257 e. The van der Waals surface area contributed by atoms with Crippen molar-refractivity contribution >= 4 is 33.7 Å². The van der Waals surface area contributed by atoms with E-state index in [0.29, 0.717) is 13.1 Å². The van der Waals surface area contributed by atoms with Crippen molar-refractivity contribution in [2.75, 3.05) is 13.1 Å². The smallest absolute Gasteiger partial charge is 0.257 e. The lowest BCUT2D eigenvalue weighted by atomic mass is 10.1. The highest BCUT2D eigenvalue weighted by atomic mass is 79.9. The van der Waals surface area contributed by atoms with Gasteiger partial charge in [0.2, 0.25) is 0 Å². The second kappa shape index (κ2) is 7.24. The van der Waals surface area contributed by atoms with Crippen LogP contribution >= 0.6 is 15.9 Å². The van der Waals surface area contributed by atoms with E-state index in [-0.39, 0.29) is 17.3 Å². The van der Waals surface area contributed by atoms with E-state index in [1.54, 1.807) is 11.0 Å². The summed E-state index contributed by atoms with van der Waals surface area (Å²) in [5, 5.41) is 0. The van der Waals surface area contributed by atoms with Gasteiger partial charge in [0.1, 0.15) is 0 Å². The average molecular weight is 324 g/mol. The van der Waals surface area contributed by atoms with Crippen LogP contribution in [0.2, 0.25) is 0 Å². The molecule has 1 rings (SSSR count). The summed E-state index contributed by atoms with van der Waals surface area (Å²) in [6, 6.07) is 7.49. The van der Waals surface area contributed by atoms with Gasteiger partial charge in [-0.25, -0.2) is 0 Å². The van der Waals surface area contributed by atoms with Crippen LogP contribution in [0, 0.1) is 0 Å². The van der Waals surface area contributed by atoms with Crippen LogP contribution in [-0.2, 0) is 9.59 Å². The minimum Gasteiger partial charge on any atom is -0.339 e. The molecule has 102 valence electrons. The third-order valence-electron chi connectivity index (χ3n) is 2.84. The maximum absolute atomic E-state index is 12.2. The molecule has 1 amide bonds. The fourth-order valence-electron chi connectivity index (χ4n) is 1.72. The number of halogens is 1. The minimum absolute atomic E-state index is 0.208. The Balaban J connectivity index is 3.10. The van der Waals surface area contributed by atoms with E-state index in [4.69, 9.17) is 0 Å². The SMILES string of the molecule is CCN(CC)C(=O)C(=Cc1ccc(Br)cc1)C(C)=O. The normalized spacial score (nSPS) is 11.3. The second-order valence-electron chi connectivity index (χ2n) is 4.14. The van der Waals surface area contributed by atoms with Gasteiger partial charge in [0, 0.05) is 17.6 Å². The minimum atomic E-state index is -0.209. The van der Waals surface area contributed by atoms with Crippen molar-refractivity contribution < 1.29 is 9.59 Å². The average Bonchev–Trinajstić information content (AvgIpc) is 2.38. The topological polar surface area (TPSA) is 37.4 Å². The summed E-state index contributed by atoms with van der Waals surface area (Å²) in [6.45, 7) is 6.42. The number of carbonyl (C=O) groups excluding carboxylic acids is 2. The van der Waals surface area contributed by atoms with Gasteiger partial charge in [-0.05, 0) is 44.5 Å². The first kappa shape index (κ1) is 15.6. The van der Waals surface area contributed by atoms with Crippen LogP contribution in [-0.4, -0.2) is 29.7 Å². The van der Waals surface area contributed by atoms with Crippen LogP contribution in [0.25, 0.3) is 6.08 Å². The third-order valence-corrected chi connectivity index (χ3v) is 3.37. The Morgan fingerprint density at radius 2 is 1.68 bits per heavy atom. The van der Waals surface area contributed by atoms with E-state index in [2.05, 4.69) is 15.9 Å². The van der Waals surface area contributed by atoms with E-state index < -0.39 is 0 Å². The number of carbonyl (C=O) groups is 2. The van der Waals surface area contributed by atoms with Crippen LogP contribution in [0.1, 0.15) is 26.3 Å². The molecular formula is C15H18BrNO2. The Hall–Kier alpha value is -1.42. The van der Waals surface area contributed by atoms with Gasteiger partial charge >= 0.3 is 0 Å². The Labute approximate surface area is 122 Å². The van der Waals surface area contributed by atoms with Gasteiger partial charge in [0.15, 0.2) is 5.78 Å². The molecule has 0 unspecified atom stereocenters. The predicted molar refractivity (Wildman–Crippen MR) is 80.7 cm³/mol. The van der Waals surface area contributed by atoms with Gasteiger partial charge in [0.05, 0.1) is 5.57 Å². The summed E-state index contributed by atoms with van der Waals surface area (Å²) in [5.74, 6) is -0.416. The van der Waals surface area contributed by atoms with E-state index in [1.807, 2.05) is 38.1 Å². The van der Waals surface area contributed by atoms with Crippen molar-refractivity contribution in [3.05, 3.63) is 39.9 Å². The molecule has 0 radical (unpaired) electrons. The molecule has 0 saturated carbocycles. The van der Waals surface area contributed by atoms with Crippen molar-refractivity contribution in [2.45, 2.75) is 20.8 Å². The summed E-state index contributed by atoms with van der Waals surface area (Å²) in [4.78, 5) is 25.6. The molecule has 0 aliphatic carbocycles. The second-order valence-corrected chi connectivity index (χ2v) is 5.06. The molecule has 0 heterocycles. The zero-order valence-corrected chi connectivity index (χ0v) is 13.0. The molecular weight excluding hydrogens is 306 g/mol. The summed E-state index contributed by atoms with van der Waals surface area (Å²) in [5.41, 5.74) is 1.07. The van der Waals surface area contributed by atoms with Crippen molar-refractivity contribution in [3.8, 4) is 0 Å². The molecule has 0 N–H and O–H groups in total.